The number of nitrogens with zero attached hydrogens (tertiary/aromatic N) is 1. The van der Waals surface area contributed by atoms with Gasteiger partial charge < -0.3 is 19.7 Å². The topological polar surface area (TPSA) is 50.8 Å². The van der Waals surface area contributed by atoms with Gasteiger partial charge >= 0.3 is 0 Å². The Labute approximate surface area is 145 Å². The van der Waals surface area contributed by atoms with Crippen molar-refractivity contribution in [3.63, 3.8) is 0 Å². The minimum atomic E-state index is 0.283. The third kappa shape index (κ3) is 5.71. The Morgan fingerprint density at radius 2 is 1.96 bits per heavy atom. The van der Waals surface area contributed by atoms with Crippen LogP contribution in [0.1, 0.15) is 39.0 Å². The lowest BCUT2D eigenvalue weighted by Crippen LogP contribution is -2.44. The van der Waals surface area contributed by atoms with Gasteiger partial charge in [-0.25, -0.2) is 0 Å². The van der Waals surface area contributed by atoms with Gasteiger partial charge in [-0.3, -0.25) is 4.79 Å². The molecule has 5 heteroatoms. The number of carbonyl (C=O) groups excluding carboxylic acids is 1. The minimum Gasteiger partial charge on any atom is -0.497 e. The molecule has 1 aliphatic heterocycles. The molecular weight excluding hydrogens is 304 g/mol. The van der Waals surface area contributed by atoms with Gasteiger partial charge in [-0.05, 0) is 49.9 Å². The highest BCUT2D eigenvalue weighted by molar-refractivity contribution is 5.76. The van der Waals surface area contributed by atoms with Crippen LogP contribution < -0.4 is 14.8 Å². The van der Waals surface area contributed by atoms with Crippen LogP contribution in [0.4, 0.5) is 0 Å². The number of methoxy groups -OCH3 is 1. The van der Waals surface area contributed by atoms with Crippen LogP contribution in [-0.4, -0.2) is 50.2 Å². The Morgan fingerprint density at radius 1 is 1.21 bits per heavy atom. The van der Waals surface area contributed by atoms with E-state index in [2.05, 4.69) is 17.1 Å². The molecule has 0 bridgehead atoms. The summed E-state index contributed by atoms with van der Waals surface area (Å²) in [5.74, 6) is 1.93. The number of ether oxygens (including phenoxy) is 2. The molecule has 1 aliphatic rings. The number of rotatable bonds is 9. The summed E-state index contributed by atoms with van der Waals surface area (Å²) in [6, 6.07) is 7.99. The summed E-state index contributed by atoms with van der Waals surface area (Å²) in [6.07, 6.45) is 5.19. The highest BCUT2D eigenvalue weighted by atomic mass is 16.5. The van der Waals surface area contributed by atoms with Crippen molar-refractivity contribution in [2.75, 3.05) is 33.4 Å². The van der Waals surface area contributed by atoms with Crippen LogP contribution in [-0.2, 0) is 4.79 Å². The fourth-order valence-corrected chi connectivity index (χ4v) is 3.13. The van der Waals surface area contributed by atoms with Crippen molar-refractivity contribution in [2.45, 2.75) is 45.1 Å². The second-order valence-corrected chi connectivity index (χ2v) is 6.17. The maximum Gasteiger partial charge on any atom is 0.224 e. The average molecular weight is 334 g/mol. The van der Waals surface area contributed by atoms with E-state index in [1.807, 2.05) is 24.3 Å². The lowest BCUT2D eigenvalue weighted by molar-refractivity contribution is -0.134. The van der Waals surface area contributed by atoms with Crippen LogP contribution in [0.5, 0.6) is 11.5 Å². The number of hydrogen-bond acceptors (Lipinski definition) is 4. The van der Waals surface area contributed by atoms with Crippen molar-refractivity contribution in [2.24, 2.45) is 0 Å². The van der Waals surface area contributed by atoms with Crippen LogP contribution in [0.3, 0.4) is 0 Å². The van der Waals surface area contributed by atoms with Gasteiger partial charge in [0.2, 0.25) is 5.91 Å². The maximum absolute atomic E-state index is 12.3. The van der Waals surface area contributed by atoms with E-state index in [4.69, 9.17) is 9.47 Å². The number of hydrogen-bond donors (Lipinski definition) is 1. The van der Waals surface area contributed by atoms with Crippen molar-refractivity contribution < 1.29 is 14.3 Å². The molecule has 2 rings (SSSR count). The quantitative estimate of drug-likeness (QED) is 0.706. The molecule has 1 atom stereocenters. The summed E-state index contributed by atoms with van der Waals surface area (Å²) < 4.78 is 10.8. The minimum absolute atomic E-state index is 0.283. The summed E-state index contributed by atoms with van der Waals surface area (Å²) in [7, 11) is 1.65. The normalized spacial score (nSPS) is 17.6. The first-order chi connectivity index (χ1) is 11.7. The van der Waals surface area contributed by atoms with E-state index in [0.29, 0.717) is 25.6 Å². The van der Waals surface area contributed by atoms with E-state index in [0.717, 1.165) is 43.9 Å². The predicted octanol–water partition coefficient (Wildman–Crippen LogP) is 2.84. The number of likely N-dealkylation sites (tertiary alicyclic amines) is 1. The first-order valence-electron chi connectivity index (χ1n) is 9.01. The second kappa shape index (κ2) is 10.2. The highest BCUT2D eigenvalue weighted by Crippen LogP contribution is 2.20. The Hall–Kier alpha value is -1.75. The number of benzene rings is 1. The zero-order valence-corrected chi connectivity index (χ0v) is 14.9. The second-order valence-electron chi connectivity index (χ2n) is 6.17. The average Bonchev–Trinajstić information content (AvgIpc) is 2.64. The SMILES string of the molecule is CCC1CCCCN1C(=O)CCNCCOc1ccc(OC)cc1. The Kier molecular flexibility index (Phi) is 7.89. The zero-order valence-electron chi connectivity index (χ0n) is 14.9. The Bertz CT molecular complexity index is 490. The summed E-state index contributed by atoms with van der Waals surface area (Å²) in [5, 5.41) is 3.28. The van der Waals surface area contributed by atoms with Gasteiger partial charge in [0.05, 0.1) is 7.11 Å². The molecule has 1 aromatic carbocycles. The van der Waals surface area contributed by atoms with Gasteiger partial charge in [-0.15, -0.1) is 0 Å². The molecule has 1 aromatic rings. The Morgan fingerprint density at radius 3 is 2.67 bits per heavy atom. The fraction of sp³-hybridized carbons (Fsp3) is 0.632. The van der Waals surface area contributed by atoms with E-state index < -0.39 is 0 Å². The molecule has 1 N–H and O–H groups in total. The smallest absolute Gasteiger partial charge is 0.224 e. The molecule has 1 fully saturated rings. The van der Waals surface area contributed by atoms with Crippen LogP contribution in [0.2, 0.25) is 0 Å². The maximum atomic E-state index is 12.3. The standard InChI is InChI=1S/C19H30N2O3/c1-3-16-6-4-5-14-21(16)19(22)11-12-20-13-15-24-18-9-7-17(23-2)8-10-18/h7-10,16,20H,3-6,11-15H2,1-2H3. The Balaban J connectivity index is 1.58. The molecule has 0 spiro atoms. The summed E-state index contributed by atoms with van der Waals surface area (Å²) in [5.41, 5.74) is 0. The molecule has 1 unspecified atom stereocenters. The monoisotopic (exact) mass is 334 g/mol. The van der Waals surface area contributed by atoms with Crippen molar-refractivity contribution in [1.29, 1.82) is 0 Å². The van der Waals surface area contributed by atoms with Gasteiger partial charge in [-0.1, -0.05) is 6.92 Å². The molecular formula is C19H30N2O3. The lowest BCUT2D eigenvalue weighted by Gasteiger charge is -2.35. The van der Waals surface area contributed by atoms with E-state index in [9.17, 15) is 4.79 Å². The van der Waals surface area contributed by atoms with Crippen LogP contribution in [0.15, 0.2) is 24.3 Å². The molecule has 0 aliphatic carbocycles. The van der Waals surface area contributed by atoms with Gasteiger partial charge in [0.25, 0.3) is 0 Å². The number of amides is 1. The first-order valence-corrected chi connectivity index (χ1v) is 9.01. The number of nitrogens with one attached hydrogen (secondary N) is 1. The number of carbonyl (C=O) groups is 1. The third-order valence-corrected chi connectivity index (χ3v) is 4.54. The molecule has 0 radical (unpaired) electrons. The van der Waals surface area contributed by atoms with E-state index >= 15 is 0 Å². The number of piperidine rings is 1. The van der Waals surface area contributed by atoms with E-state index in [1.54, 1.807) is 7.11 Å². The molecule has 0 aromatic heterocycles. The first kappa shape index (κ1) is 18.6. The molecule has 1 saturated heterocycles. The molecule has 1 heterocycles. The zero-order chi connectivity index (χ0) is 17.2. The van der Waals surface area contributed by atoms with Crippen molar-refractivity contribution in [3.8, 4) is 11.5 Å². The van der Waals surface area contributed by atoms with Gasteiger partial charge in [-0.2, -0.15) is 0 Å². The third-order valence-electron chi connectivity index (χ3n) is 4.54. The van der Waals surface area contributed by atoms with Crippen LogP contribution >= 0.6 is 0 Å². The lowest BCUT2D eigenvalue weighted by atomic mass is 9.99. The van der Waals surface area contributed by atoms with Gasteiger partial charge in [0.1, 0.15) is 18.1 Å². The van der Waals surface area contributed by atoms with E-state index in [1.165, 1.54) is 6.42 Å². The molecule has 134 valence electrons. The molecule has 1 amide bonds. The summed E-state index contributed by atoms with van der Waals surface area (Å²) in [4.78, 5) is 14.4. The van der Waals surface area contributed by atoms with E-state index in [-0.39, 0.29) is 5.91 Å². The van der Waals surface area contributed by atoms with Crippen molar-refractivity contribution >= 4 is 5.91 Å². The predicted molar refractivity (Wildman–Crippen MR) is 95.6 cm³/mol. The molecule has 5 nitrogen and oxygen atoms in total. The summed E-state index contributed by atoms with van der Waals surface area (Å²) >= 11 is 0. The van der Waals surface area contributed by atoms with Crippen molar-refractivity contribution in [1.82, 2.24) is 10.2 Å². The summed E-state index contributed by atoms with van der Waals surface area (Å²) in [6.45, 7) is 5.12. The van der Waals surface area contributed by atoms with Gasteiger partial charge in [0, 0.05) is 32.1 Å². The fourth-order valence-electron chi connectivity index (χ4n) is 3.13. The molecule has 24 heavy (non-hydrogen) atoms. The highest BCUT2D eigenvalue weighted by Gasteiger charge is 2.24. The van der Waals surface area contributed by atoms with Crippen LogP contribution in [0.25, 0.3) is 0 Å². The molecule has 0 saturated carbocycles. The van der Waals surface area contributed by atoms with Crippen LogP contribution in [0, 0.1) is 0 Å². The van der Waals surface area contributed by atoms with Gasteiger partial charge in [0.15, 0.2) is 0 Å². The largest absolute Gasteiger partial charge is 0.497 e. The van der Waals surface area contributed by atoms with Crippen molar-refractivity contribution in [3.05, 3.63) is 24.3 Å².